The molecule has 0 atom stereocenters. The highest BCUT2D eigenvalue weighted by molar-refractivity contribution is 7.92. The summed E-state index contributed by atoms with van der Waals surface area (Å²) < 4.78 is 34.0. The van der Waals surface area contributed by atoms with Gasteiger partial charge in [-0.2, -0.15) is 9.35 Å². The van der Waals surface area contributed by atoms with Gasteiger partial charge in [-0.3, -0.25) is 9.47 Å². The molecule has 4 aromatic rings. The fraction of sp³-hybridized carbons (Fsp3) is 0.484. The van der Waals surface area contributed by atoms with Crippen molar-refractivity contribution >= 4 is 44.0 Å². The summed E-state index contributed by atoms with van der Waals surface area (Å²) in [5.41, 5.74) is 2.07. The first-order chi connectivity index (χ1) is 21.2. The van der Waals surface area contributed by atoms with Crippen LogP contribution in [0.1, 0.15) is 37.3 Å². The Morgan fingerprint density at radius 3 is 2.39 bits per heavy atom. The van der Waals surface area contributed by atoms with Crippen molar-refractivity contribution in [2.24, 2.45) is 4.36 Å². The van der Waals surface area contributed by atoms with Gasteiger partial charge in [-0.15, -0.1) is 0 Å². The second-order valence-corrected chi connectivity index (χ2v) is 15.0. The number of nitrogens with one attached hydrogen (secondary N) is 1. The quantitative estimate of drug-likeness (QED) is 0.319. The molecule has 1 aliphatic carbocycles. The lowest BCUT2D eigenvalue weighted by Gasteiger charge is -2.42. The van der Waals surface area contributed by atoms with Crippen LogP contribution < -0.4 is 10.2 Å². The van der Waals surface area contributed by atoms with E-state index in [1.54, 1.807) is 35.3 Å². The minimum atomic E-state index is -2.41. The van der Waals surface area contributed by atoms with Crippen LogP contribution in [0.3, 0.4) is 0 Å². The van der Waals surface area contributed by atoms with Gasteiger partial charge in [-0.25, -0.2) is 23.6 Å². The number of piperazine rings is 1. The Labute approximate surface area is 257 Å². The topological polar surface area (TPSA) is 108 Å². The largest absolute Gasteiger partial charge is 0.370 e. The number of rotatable bonds is 7. The maximum atomic E-state index is 15.7. The molecular formula is C31H39FN10OS. The summed E-state index contributed by atoms with van der Waals surface area (Å²) in [6.45, 7) is 6.67. The van der Waals surface area contributed by atoms with Crippen molar-refractivity contribution in [3.63, 3.8) is 0 Å². The van der Waals surface area contributed by atoms with Gasteiger partial charge in [0.1, 0.15) is 11.6 Å². The van der Waals surface area contributed by atoms with E-state index in [4.69, 9.17) is 4.98 Å². The Balaban J connectivity index is 1.10. The molecule has 0 spiro atoms. The molecule has 4 aromatic heterocycles. The molecule has 11 nitrogen and oxygen atoms in total. The zero-order chi connectivity index (χ0) is 30.4. The molecule has 7 rings (SSSR count). The van der Waals surface area contributed by atoms with Crippen LogP contribution in [0.25, 0.3) is 16.9 Å². The molecule has 0 amide bonds. The Kier molecular flexibility index (Phi) is 7.71. The minimum Gasteiger partial charge on any atom is -0.370 e. The molecule has 3 fully saturated rings. The summed E-state index contributed by atoms with van der Waals surface area (Å²) in [5.74, 6) is 1.51. The maximum Gasteiger partial charge on any atom is 0.230 e. The molecule has 2 saturated heterocycles. The van der Waals surface area contributed by atoms with Crippen LogP contribution in [0.15, 0.2) is 47.1 Å². The van der Waals surface area contributed by atoms with Gasteiger partial charge in [0.05, 0.1) is 23.0 Å². The molecule has 13 heteroatoms. The first-order valence-electron chi connectivity index (χ1n) is 15.3. The van der Waals surface area contributed by atoms with E-state index >= 15 is 4.39 Å². The Morgan fingerprint density at radius 2 is 1.70 bits per heavy atom. The number of fused-ring (bicyclic) bond motifs is 1. The molecule has 232 valence electrons. The smallest absolute Gasteiger partial charge is 0.230 e. The second-order valence-electron chi connectivity index (χ2n) is 12.5. The van der Waals surface area contributed by atoms with Crippen molar-refractivity contribution in [1.29, 1.82) is 0 Å². The predicted molar refractivity (Wildman–Crippen MR) is 172 cm³/mol. The molecule has 1 N–H and O–H groups in total. The molecule has 0 unspecified atom stereocenters. The first kappa shape index (κ1) is 29.1. The standard InChI is InChI=1S/C31H39FN10OS/c1-39-15-17-41(18-16-39)22-11-13-40(14-12-22)23-9-10-25(33-19-23)36-31-34-20-24-28(32)29(21-7-8-21)42(30(24)37-31)27-6-4-5-26(35-27)38-44(2,3)43/h4-6,9-10,19-22H,7-8,11-18H2,1-3H3,(H,33,34,36,37). The third kappa shape index (κ3) is 6.13. The summed E-state index contributed by atoms with van der Waals surface area (Å²) in [4.78, 5) is 25.9. The number of aromatic nitrogens is 5. The number of likely N-dealkylation sites (N-methyl/N-ethyl adjacent to an activating group) is 1. The van der Waals surface area contributed by atoms with E-state index in [-0.39, 0.29) is 11.7 Å². The van der Waals surface area contributed by atoms with Crippen LogP contribution in [0, 0.1) is 5.82 Å². The van der Waals surface area contributed by atoms with Crippen molar-refractivity contribution in [1.82, 2.24) is 34.3 Å². The molecular weight excluding hydrogens is 579 g/mol. The van der Waals surface area contributed by atoms with E-state index in [1.165, 1.54) is 6.20 Å². The number of anilines is 3. The van der Waals surface area contributed by atoms with Crippen molar-refractivity contribution < 1.29 is 8.60 Å². The van der Waals surface area contributed by atoms with E-state index in [9.17, 15) is 4.21 Å². The lowest BCUT2D eigenvalue weighted by atomic mass is 10.0. The molecule has 3 aliphatic rings. The molecule has 1 saturated carbocycles. The minimum absolute atomic E-state index is 0.0883. The highest BCUT2D eigenvalue weighted by atomic mass is 32.2. The average Bonchev–Trinajstić information content (AvgIpc) is 3.81. The zero-order valence-electron chi connectivity index (χ0n) is 25.5. The third-order valence-corrected chi connectivity index (χ3v) is 9.41. The van der Waals surface area contributed by atoms with Gasteiger partial charge < -0.3 is 15.1 Å². The molecule has 6 heterocycles. The predicted octanol–water partition coefficient (Wildman–Crippen LogP) is 4.55. The van der Waals surface area contributed by atoms with Crippen LogP contribution in [-0.2, 0) is 9.73 Å². The summed E-state index contributed by atoms with van der Waals surface area (Å²) in [6.07, 6.45) is 10.7. The van der Waals surface area contributed by atoms with Crippen molar-refractivity contribution in [3.8, 4) is 5.82 Å². The van der Waals surface area contributed by atoms with E-state index in [0.29, 0.717) is 46.2 Å². The van der Waals surface area contributed by atoms with Gasteiger partial charge in [-0.1, -0.05) is 6.07 Å². The fourth-order valence-electron chi connectivity index (χ4n) is 6.31. The van der Waals surface area contributed by atoms with Gasteiger partial charge in [0.25, 0.3) is 0 Å². The number of nitrogens with zero attached hydrogens (tertiary/aromatic N) is 9. The van der Waals surface area contributed by atoms with Crippen LogP contribution in [0.4, 0.5) is 27.7 Å². The van der Waals surface area contributed by atoms with E-state index in [2.05, 4.69) is 52.4 Å². The SMILES string of the molecule is CN1CCN(C2CCN(c3ccc(Nc4ncc5c(F)c(C6CC6)n(-c6cccc(N=S(C)(C)=O)n6)c5n4)nc3)CC2)CC1. The lowest BCUT2D eigenvalue weighted by Crippen LogP contribution is -2.52. The van der Waals surface area contributed by atoms with Gasteiger partial charge >= 0.3 is 0 Å². The fourth-order valence-corrected chi connectivity index (χ4v) is 6.86. The normalized spacial score (nSPS) is 19.0. The number of halogens is 1. The highest BCUT2D eigenvalue weighted by Gasteiger charge is 2.34. The highest BCUT2D eigenvalue weighted by Crippen LogP contribution is 2.45. The second kappa shape index (κ2) is 11.7. The summed E-state index contributed by atoms with van der Waals surface area (Å²) in [7, 11) is -0.207. The van der Waals surface area contributed by atoms with Gasteiger partial charge in [0.2, 0.25) is 5.95 Å². The number of piperidine rings is 1. The van der Waals surface area contributed by atoms with Gasteiger partial charge in [0.15, 0.2) is 17.3 Å². The zero-order valence-corrected chi connectivity index (χ0v) is 26.3. The van der Waals surface area contributed by atoms with Crippen LogP contribution in [-0.4, -0.2) is 103 Å². The first-order valence-corrected chi connectivity index (χ1v) is 17.7. The molecule has 0 bridgehead atoms. The molecule has 44 heavy (non-hydrogen) atoms. The van der Waals surface area contributed by atoms with Gasteiger partial charge in [0, 0.05) is 79.7 Å². The average molecular weight is 619 g/mol. The monoisotopic (exact) mass is 618 g/mol. The van der Waals surface area contributed by atoms with Crippen molar-refractivity contribution in [2.75, 3.05) is 69.0 Å². The van der Waals surface area contributed by atoms with Crippen LogP contribution in [0.2, 0.25) is 0 Å². The number of hydrogen-bond donors (Lipinski definition) is 1. The van der Waals surface area contributed by atoms with Crippen molar-refractivity contribution in [2.45, 2.75) is 37.6 Å². The summed E-state index contributed by atoms with van der Waals surface area (Å²) in [5, 5.41) is 3.53. The number of pyridine rings is 2. The lowest BCUT2D eigenvalue weighted by molar-refractivity contribution is 0.0982. The van der Waals surface area contributed by atoms with E-state index in [1.807, 2.05) is 12.3 Å². The molecule has 2 aliphatic heterocycles. The Morgan fingerprint density at radius 1 is 0.932 bits per heavy atom. The maximum absolute atomic E-state index is 15.7. The Bertz CT molecular complexity index is 1770. The molecule has 0 aromatic carbocycles. The number of hydrogen-bond acceptors (Lipinski definition) is 10. The van der Waals surface area contributed by atoms with Crippen LogP contribution >= 0.6 is 0 Å². The van der Waals surface area contributed by atoms with Crippen molar-refractivity contribution in [3.05, 3.63) is 54.2 Å². The van der Waals surface area contributed by atoms with Gasteiger partial charge in [-0.05, 0) is 57.0 Å². The summed E-state index contributed by atoms with van der Waals surface area (Å²) >= 11 is 0. The third-order valence-electron chi connectivity index (χ3n) is 8.78. The van der Waals surface area contributed by atoms with E-state index in [0.717, 1.165) is 70.6 Å². The summed E-state index contributed by atoms with van der Waals surface area (Å²) in [6, 6.07) is 9.95. The molecule has 0 radical (unpaired) electrons. The van der Waals surface area contributed by atoms with E-state index < -0.39 is 9.73 Å². The van der Waals surface area contributed by atoms with Crippen LogP contribution in [0.5, 0.6) is 0 Å². The Hall–Kier alpha value is -3.68.